The minimum absolute atomic E-state index is 0.147. The SMILES string of the molecule is C=C(C)[C@@H]1CC[C@]2(C(=O)S)CC[C@]3(C)[C@H](CC[C@@H]4[C@@]5(C)CCC(=O)C(C)(C)[C@@H]5CC[C@]43C)[C@@H]12. The van der Waals surface area contributed by atoms with Crippen LogP contribution in [0.4, 0.5) is 0 Å². The van der Waals surface area contributed by atoms with Crippen LogP contribution in [0.5, 0.6) is 0 Å². The number of allylic oxidation sites excluding steroid dienone is 1. The standard InChI is InChI=1S/C30H46O2S/c1-18(2)19-10-15-30(25(32)33)17-16-28(6)20(24(19)30)8-9-22-27(5)13-12-23(31)26(3,4)21(27)11-14-29(22,28)7/h19-22,24H,1,8-17H2,2-7H3,(H,32,33)/t19-,20+,21-,22+,24+,27-,28+,29+,30-/m0/s1. The number of thiol groups is 1. The van der Waals surface area contributed by atoms with Crippen LogP contribution >= 0.6 is 12.6 Å². The fourth-order valence-corrected chi connectivity index (χ4v) is 11.7. The van der Waals surface area contributed by atoms with Gasteiger partial charge in [-0.3, -0.25) is 9.59 Å². The maximum Gasteiger partial charge on any atom is 0.192 e. The molecule has 5 fully saturated rings. The Morgan fingerprint density at radius 3 is 2.21 bits per heavy atom. The molecule has 0 aromatic heterocycles. The number of rotatable bonds is 2. The van der Waals surface area contributed by atoms with E-state index in [0.717, 1.165) is 38.5 Å². The van der Waals surface area contributed by atoms with Crippen molar-refractivity contribution in [1.29, 1.82) is 0 Å². The van der Waals surface area contributed by atoms with Gasteiger partial charge in [0.1, 0.15) is 5.78 Å². The number of hydrogen-bond donors (Lipinski definition) is 1. The van der Waals surface area contributed by atoms with E-state index in [0.29, 0.717) is 35.4 Å². The Kier molecular flexibility index (Phi) is 5.29. The first kappa shape index (κ1) is 24.1. The third-order valence-electron chi connectivity index (χ3n) is 13.2. The summed E-state index contributed by atoms with van der Waals surface area (Å²) in [6.07, 6.45) is 11.0. The summed E-state index contributed by atoms with van der Waals surface area (Å²) in [7, 11) is 0. The largest absolute Gasteiger partial charge is 0.299 e. The van der Waals surface area contributed by atoms with E-state index in [-0.39, 0.29) is 32.2 Å². The van der Waals surface area contributed by atoms with Crippen molar-refractivity contribution < 1.29 is 9.59 Å². The van der Waals surface area contributed by atoms with Gasteiger partial charge >= 0.3 is 0 Å². The summed E-state index contributed by atoms with van der Waals surface area (Å²) in [5.41, 5.74) is 1.60. The normalized spacial score (nSPS) is 52.8. The second kappa shape index (κ2) is 7.23. The molecular formula is C30H46O2S. The Bertz CT molecular complexity index is 905. The van der Waals surface area contributed by atoms with E-state index < -0.39 is 0 Å². The molecule has 33 heavy (non-hydrogen) atoms. The molecule has 184 valence electrons. The average Bonchev–Trinajstić information content (AvgIpc) is 3.13. The molecule has 3 heteroatoms. The van der Waals surface area contributed by atoms with Gasteiger partial charge in [-0.05, 0) is 111 Å². The predicted octanol–water partition coefficient (Wildman–Crippen LogP) is 7.67. The van der Waals surface area contributed by atoms with Gasteiger partial charge in [0.05, 0.1) is 0 Å². The molecule has 0 saturated heterocycles. The molecule has 0 unspecified atom stereocenters. The van der Waals surface area contributed by atoms with Crippen LogP contribution in [0.1, 0.15) is 106 Å². The first-order valence-electron chi connectivity index (χ1n) is 13.7. The van der Waals surface area contributed by atoms with Crippen molar-refractivity contribution in [2.45, 2.75) is 106 Å². The molecule has 5 saturated carbocycles. The molecule has 5 aliphatic rings. The number of Topliss-reactive ketones (excluding diaryl/α,β-unsaturated/α-hetero) is 1. The topological polar surface area (TPSA) is 34.1 Å². The molecule has 0 heterocycles. The molecule has 0 radical (unpaired) electrons. The van der Waals surface area contributed by atoms with Gasteiger partial charge in [-0.1, -0.05) is 46.8 Å². The summed E-state index contributed by atoms with van der Waals surface area (Å²) < 4.78 is 0. The van der Waals surface area contributed by atoms with E-state index in [2.05, 4.69) is 60.8 Å². The summed E-state index contributed by atoms with van der Waals surface area (Å²) in [5.74, 6) is 3.10. The molecule has 0 aromatic rings. The van der Waals surface area contributed by atoms with Crippen LogP contribution in [-0.2, 0) is 9.59 Å². The molecule has 0 spiro atoms. The second-order valence-corrected chi connectivity index (χ2v) is 14.7. The summed E-state index contributed by atoms with van der Waals surface area (Å²) in [5, 5.41) is 0.147. The summed E-state index contributed by atoms with van der Waals surface area (Å²) in [4.78, 5) is 26.0. The summed E-state index contributed by atoms with van der Waals surface area (Å²) in [6, 6.07) is 0. The zero-order valence-corrected chi connectivity index (χ0v) is 22.8. The van der Waals surface area contributed by atoms with Crippen LogP contribution in [0.15, 0.2) is 12.2 Å². The fraction of sp³-hybridized carbons (Fsp3) is 0.867. The Morgan fingerprint density at radius 2 is 1.58 bits per heavy atom. The molecule has 0 N–H and O–H groups in total. The predicted molar refractivity (Wildman–Crippen MR) is 138 cm³/mol. The number of carbonyl (C=O) groups excluding carboxylic acids is 2. The highest BCUT2D eigenvalue weighted by Gasteiger charge is 2.71. The number of fused-ring (bicyclic) bond motifs is 7. The van der Waals surface area contributed by atoms with Crippen LogP contribution < -0.4 is 0 Å². The van der Waals surface area contributed by atoms with Crippen LogP contribution in [0.25, 0.3) is 0 Å². The van der Waals surface area contributed by atoms with Gasteiger partial charge in [0.15, 0.2) is 5.12 Å². The first-order chi connectivity index (χ1) is 15.3. The second-order valence-electron chi connectivity index (χ2n) is 14.3. The molecule has 0 amide bonds. The fourth-order valence-electron chi connectivity index (χ4n) is 11.3. The Balaban J connectivity index is 1.57. The van der Waals surface area contributed by atoms with Crippen molar-refractivity contribution in [3.8, 4) is 0 Å². The Labute approximate surface area is 207 Å². The molecule has 0 bridgehead atoms. The number of hydrogen-bond acceptors (Lipinski definition) is 2. The van der Waals surface area contributed by atoms with E-state index >= 15 is 0 Å². The molecule has 0 aromatic carbocycles. The van der Waals surface area contributed by atoms with Crippen molar-refractivity contribution in [3.05, 3.63) is 12.2 Å². The third-order valence-corrected chi connectivity index (χ3v) is 13.7. The van der Waals surface area contributed by atoms with Crippen LogP contribution in [-0.4, -0.2) is 10.9 Å². The highest BCUT2D eigenvalue weighted by Crippen LogP contribution is 2.77. The summed E-state index contributed by atoms with van der Waals surface area (Å²) in [6.45, 7) is 18.8. The van der Waals surface area contributed by atoms with Gasteiger partial charge in [0, 0.05) is 17.3 Å². The lowest BCUT2D eigenvalue weighted by molar-refractivity contribution is -0.231. The number of carbonyl (C=O) groups is 2. The van der Waals surface area contributed by atoms with E-state index in [1.165, 1.54) is 31.3 Å². The zero-order chi connectivity index (χ0) is 24.2. The van der Waals surface area contributed by atoms with Crippen molar-refractivity contribution in [2.24, 2.45) is 56.7 Å². The maximum absolute atomic E-state index is 13.1. The van der Waals surface area contributed by atoms with Crippen molar-refractivity contribution >= 4 is 23.5 Å². The van der Waals surface area contributed by atoms with Gasteiger partial charge in [-0.25, -0.2) is 0 Å². The quantitative estimate of drug-likeness (QED) is 0.332. The lowest BCUT2D eigenvalue weighted by Gasteiger charge is -2.72. The molecular weight excluding hydrogens is 424 g/mol. The van der Waals surface area contributed by atoms with E-state index in [9.17, 15) is 9.59 Å². The van der Waals surface area contributed by atoms with Gasteiger partial charge in [-0.2, -0.15) is 0 Å². The molecule has 2 nitrogen and oxygen atoms in total. The summed E-state index contributed by atoms with van der Waals surface area (Å²) >= 11 is 4.51. The minimum atomic E-state index is -0.236. The molecule has 5 rings (SSSR count). The number of ketones is 1. The zero-order valence-electron chi connectivity index (χ0n) is 21.9. The molecule has 9 atom stereocenters. The lowest BCUT2D eigenvalue weighted by atomic mass is 9.32. The highest BCUT2D eigenvalue weighted by atomic mass is 32.1. The third kappa shape index (κ3) is 2.81. The smallest absolute Gasteiger partial charge is 0.192 e. The lowest BCUT2D eigenvalue weighted by Crippen LogP contribution is -2.66. The maximum atomic E-state index is 13.1. The Morgan fingerprint density at radius 1 is 0.879 bits per heavy atom. The Hall–Kier alpha value is -0.570. The van der Waals surface area contributed by atoms with Crippen LogP contribution in [0, 0.1) is 56.7 Å². The average molecular weight is 471 g/mol. The van der Waals surface area contributed by atoms with Crippen molar-refractivity contribution in [1.82, 2.24) is 0 Å². The minimum Gasteiger partial charge on any atom is -0.299 e. The van der Waals surface area contributed by atoms with Crippen LogP contribution in [0.2, 0.25) is 0 Å². The molecule has 5 aliphatic carbocycles. The van der Waals surface area contributed by atoms with Crippen molar-refractivity contribution in [3.63, 3.8) is 0 Å². The first-order valence-corrected chi connectivity index (χ1v) is 14.1. The highest BCUT2D eigenvalue weighted by molar-refractivity contribution is 7.96. The monoisotopic (exact) mass is 470 g/mol. The molecule has 0 aliphatic heterocycles. The van der Waals surface area contributed by atoms with Gasteiger partial charge in [0.2, 0.25) is 0 Å². The van der Waals surface area contributed by atoms with Crippen molar-refractivity contribution in [2.75, 3.05) is 0 Å². The van der Waals surface area contributed by atoms with Gasteiger partial charge in [-0.15, -0.1) is 12.6 Å². The van der Waals surface area contributed by atoms with Crippen LogP contribution in [0.3, 0.4) is 0 Å². The van der Waals surface area contributed by atoms with Gasteiger partial charge < -0.3 is 0 Å². The van der Waals surface area contributed by atoms with E-state index in [4.69, 9.17) is 0 Å². The van der Waals surface area contributed by atoms with E-state index in [1.54, 1.807) is 0 Å². The van der Waals surface area contributed by atoms with Gasteiger partial charge in [0.25, 0.3) is 0 Å². The van der Waals surface area contributed by atoms with E-state index in [1.807, 2.05) is 0 Å².